The molecule has 30 heavy (non-hydrogen) atoms. The predicted octanol–water partition coefficient (Wildman–Crippen LogP) is 2.57. The monoisotopic (exact) mass is 454 g/mol. The summed E-state index contributed by atoms with van der Waals surface area (Å²) in [5.41, 5.74) is 0.0112. The third-order valence-corrected chi connectivity index (χ3v) is 6.20. The molecular weight excluding hydrogens is 438 g/mol. The Bertz CT molecular complexity index is 1190. The van der Waals surface area contributed by atoms with Crippen LogP contribution in [0.1, 0.15) is 23.8 Å². The molecule has 0 radical (unpaired) electrons. The van der Waals surface area contributed by atoms with Crippen LogP contribution in [0.25, 0.3) is 0 Å². The highest BCUT2D eigenvalue weighted by molar-refractivity contribution is 7.71. The van der Waals surface area contributed by atoms with Crippen molar-refractivity contribution in [1.29, 1.82) is 0 Å². The molecule has 0 aliphatic carbocycles. The molecule has 3 heterocycles. The van der Waals surface area contributed by atoms with Crippen molar-refractivity contribution in [3.8, 4) is 18.1 Å². The fourth-order valence-electron chi connectivity index (χ4n) is 3.12. The SMILES string of the molecule is C#Cc1cn([C@@H]2O[C@](F)(COP3(=O)OCc4ccccc4O3)C[C@H]2O)c(=S)[nH]c1=O. The van der Waals surface area contributed by atoms with Gasteiger partial charge in [-0.3, -0.25) is 23.4 Å². The number of nitrogens with zero attached hydrogens (tertiary/aromatic N) is 1. The molecule has 0 spiro atoms. The zero-order valence-electron chi connectivity index (χ0n) is 15.3. The lowest BCUT2D eigenvalue weighted by atomic mass is 10.2. The molecule has 12 heteroatoms. The maximum atomic E-state index is 15.2. The number of phosphoric acid groups is 1. The number of hydrogen-bond acceptors (Lipinski definition) is 8. The molecule has 1 fully saturated rings. The number of benzene rings is 1. The average molecular weight is 454 g/mol. The van der Waals surface area contributed by atoms with Gasteiger partial charge in [0.25, 0.3) is 5.56 Å². The summed E-state index contributed by atoms with van der Waals surface area (Å²) in [4.78, 5) is 14.0. The zero-order chi connectivity index (χ0) is 21.5. The van der Waals surface area contributed by atoms with Crippen molar-refractivity contribution in [1.82, 2.24) is 9.55 Å². The maximum absolute atomic E-state index is 15.2. The number of aromatic amines is 1. The third kappa shape index (κ3) is 3.98. The minimum absolute atomic E-state index is 0.0275. The number of fused-ring (bicyclic) bond motifs is 1. The molecule has 4 rings (SSSR count). The van der Waals surface area contributed by atoms with E-state index in [9.17, 15) is 14.5 Å². The molecule has 1 saturated heterocycles. The molecule has 1 unspecified atom stereocenters. The van der Waals surface area contributed by atoms with E-state index in [2.05, 4.69) is 10.9 Å². The number of hydrogen-bond donors (Lipinski definition) is 2. The largest absolute Gasteiger partial charge is 0.530 e. The lowest BCUT2D eigenvalue weighted by molar-refractivity contribution is -0.178. The highest BCUT2D eigenvalue weighted by Crippen LogP contribution is 2.55. The van der Waals surface area contributed by atoms with E-state index in [1.165, 1.54) is 6.20 Å². The van der Waals surface area contributed by atoms with Gasteiger partial charge in [0, 0.05) is 18.2 Å². The molecule has 1 aromatic carbocycles. The van der Waals surface area contributed by atoms with E-state index in [0.717, 1.165) is 4.57 Å². The molecule has 2 aliphatic heterocycles. The van der Waals surface area contributed by atoms with Crippen molar-refractivity contribution in [2.75, 3.05) is 6.61 Å². The van der Waals surface area contributed by atoms with Crippen LogP contribution in [-0.2, 0) is 25.0 Å². The fraction of sp³-hybridized carbons (Fsp3) is 0.333. The lowest BCUT2D eigenvalue weighted by Gasteiger charge is -2.27. The zero-order valence-corrected chi connectivity index (χ0v) is 17.0. The molecule has 0 bridgehead atoms. The van der Waals surface area contributed by atoms with Crippen molar-refractivity contribution in [3.05, 3.63) is 56.7 Å². The minimum Gasteiger partial charge on any atom is -0.404 e. The third-order valence-electron chi connectivity index (χ3n) is 4.57. The molecule has 158 valence electrons. The van der Waals surface area contributed by atoms with Crippen LogP contribution in [0.15, 0.2) is 35.3 Å². The molecule has 0 saturated carbocycles. The minimum atomic E-state index is -4.08. The van der Waals surface area contributed by atoms with E-state index in [1.807, 2.05) is 0 Å². The number of terminal acetylenes is 1. The van der Waals surface area contributed by atoms with Crippen LogP contribution < -0.4 is 10.1 Å². The molecule has 2 N–H and O–H groups in total. The van der Waals surface area contributed by atoms with E-state index >= 15 is 4.39 Å². The van der Waals surface area contributed by atoms with Crippen molar-refractivity contribution in [2.45, 2.75) is 31.2 Å². The number of nitrogens with one attached hydrogen (secondary N) is 1. The van der Waals surface area contributed by atoms with Crippen molar-refractivity contribution >= 4 is 20.0 Å². The Hall–Kier alpha value is -2.32. The normalized spacial score (nSPS) is 30.3. The number of aliphatic hydroxyl groups is 1. The number of halogens is 1. The summed E-state index contributed by atoms with van der Waals surface area (Å²) in [7, 11) is -4.08. The number of para-hydroxylation sites is 1. The molecule has 2 aliphatic rings. The fourth-order valence-corrected chi connectivity index (χ4v) is 4.61. The Morgan fingerprint density at radius 1 is 1.50 bits per heavy atom. The number of ether oxygens (including phenoxy) is 1. The standard InChI is InChI=1S/C18H16FN2O7PS/c1-2-11-8-21(17(30)20-15(11)23)16-13(22)7-18(19,27-16)10-26-29(24)25-9-12-5-3-4-6-14(12)28-29/h1,3-6,8,13,16,22H,7,9-10H2,(H,20,23,30)/t13-,16-,18+,29?/m1/s1. The highest BCUT2D eigenvalue weighted by Gasteiger charge is 2.50. The van der Waals surface area contributed by atoms with Crippen LogP contribution in [0.2, 0.25) is 0 Å². The Kier molecular flexibility index (Phi) is 5.40. The smallest absolute Gasteiger partial charge is 0.404 e. The molecular formula is C18H16FN2O7PS. The van der Waals surface area contributed by atoms with E-state index in [0.29, 0.717) is 11.3 Å². The number of alkyl halides is 1. The van der Waals surface area contributed by atoms with Gasteiger partial charge in [0.1, 0.15) is 24.0 Å². The second-order valence-corrected chi connectivity index (χ2v) is 8.69. The second kappa shape index (κ2) is 7.74. The summed E-state index contributed by atoms with van der Waals surface area (Å²) in [6, 6.07) is 6.77. The summed E-state index contributed by atoms with van der Waals surface area (Å²) >= 11 is 5.04. The van der Waals surface area contributed by atoms with Gasteiger partial charge in [-0.2, -0.15) is 0 Å². The van der Waals surface area contributed by atoms with Crippen LogP contribution >= 0.6 is 20.0 Å². The van der Waals surface area contributed by atoms with Crippen LogP contribution in [0.4, 0.5) is 4.39 Å². The first kappa shape index (κ1) is 20.9. The summed E-state index contributed by atoms with van der Waals surface area (Å²) in [6.45, 7) is -0.862. The van der Waals surface area contributed by atoms with Crippen LogP contribution in [0, 0.1) is 17.1 Å². The molecule has 9 nitrogen and oxygen atoms in total. The average Bonchev–Trinajstić information content (AvgIpc) is 3.01. The van der Waals surface area contributed by atoms with Gasteiger partial charge < -0.3 is 14.4 Å². The van der Waals surface area contributed by atoms with Gasteiger partial charge in [0.2, 0.25) is 5.85 Å². The van der Waals surface area contributed by atoms with E-state index < -0.39 is 44.6 Å². The van der Waals surface area contributed by atoms with Crippen LogP contribution in [0.3, 0.4) is 0 Å². The molecule has 1 aromatic heterocycles. The summed E-state index contributed by atoms with van der Waals surface area (Å²) in [5, 5.41) is 10.3. The summed E-state index contributed by atoms with van der Waals surface area (Å²) in [6.07, 6.45) is 3.30. The van der Waals surface area contributed by atoms with E-state index in [-0.39, 0.29) is 16.9 Å². The van der Waals surface area contributed by atoms with E-state index in [4.69, 9.17) is 36.9 Å². The van der Waals surface area contributed by atoms with Crippen LogP contribution in [0.5, 0.6) is 5.75 Å². The molecule has 2 aromatic rings. The number of aromatic nitrogens is 2. The van der Waals surface area contributed by atoms with Crippen molar-refractivity contribution < 1.29 is 32.4 Å². The number of phosphoric ester groups is 1. The molecule has 0 amide bonds. The number of H-pyrrole nitrogens is 1. The maximum Gasteiger partial charge on any atom is 0.530 e. The van der Waals surface area contributed by atoms with Gasteiger partial charge in [-0.25, -0.2) is 8.96 Å². The Morgan fingerprint density at radius 2 is 2.27 bits per heavy atom. The van der Waals surface area contributed by atoms with E-state index in [1.54, 1.807) is 24.3 Å². The van der Waals surface area contributed by atoms with Crippen LogP contribution in [-0.4, -0.2) is 33.2 Å². The summed E-state index contributed by atoms with van der Waals surface area (Å²) in [5.74, 6) is -0.0431. The molecule has 4 atom stereocenters. The van der Waals surface area contributed by atoms with Gasteiger partial charge in [0.05, 0.1) is 6.61 Å². The second-order valence-electron chi connectivity index (χ2n) is 6.71. The Labute approximate surface area is 175 Å². The van der Waals surface area contributed by atoms with Gasteiger partial charge in [-0.15, -0.1) is 6.42 Å². The summed E-state index contributed by atoms with van der Waals surface area (Å²) < 4.78 is 49.7. The lowest BCUT2D eigenvalue weighted by Crippen LogP contribution is -2.30. The van der Waals surface area contributed by atoms with Gasteiger partial charge in [-0.1, -0.05) is 24.1 Å². The van der Waals surface area contributed by atoms with Crippen molar-refractivity contribution in [2.24, 2.45) is 0 Å². The number of aliphatic hydroxyl groups excluding tert-OH is 1. The number of rotatable bonds is 4. The van der Waals surface area contributed by atoms with Gasteiger partial charge in [0.15, 0.2) is 11.0 Å². The Morgan fingerprint density at radius 3 is 3.03 bits per heavy atom. The van der Waals surface area contributed by atoms with Gasteiger partial charge >= 0.3 is 7.82 Å². The quantitative estimate of drug-likeness (QED) is 0.412. The first-order valence-corrected chi connectivity index (χ1v) is 10.6. The first-order chi connectivity index (χ1) is 14.2. The van der Waals surface area contributed by atoms with Gasteiger partial charge in [-0.05, 0) is 18.3 Å². The van der Waals surface area contributed by atoms with Crippen molar-refractivity contribution in [3.63, 3.8) is 0 Å². The topological polar surface area (TPSA) is 112 Å². The highest BCUT2D eigenvalue weighted by atomic mass is 32.1. The first-order valence-electron chi connectivity index (χ1n) is 8.75. The predicted molar refractivity (Wildman–Crippen MR) is 104 cm³/mol. The Balaban J connectivity index is 1.49.